The molecule has 0 aromatic carbocycles. The van der Waals surface area contributed by atoms with E-state index in [1.54, 1.807) is 0 Å². The molecule has 2 nitrogen and oxygen atoms in total. The summed E-state index contributed by atoms with van der Waals surface area (Å²) in [5, 5.41) is 0. The third kappa shape index (κ3) is 4.58. The van der Waals surface area contributed by atoms with Crippen LogP contribution in [0.15, 0.2) is 11.6 Å². The van der Waals surface area contributed by atoms with E-state index >= 15 is 0 Å². The maximum absolute atomic E-state index is 5.48. The molecule has 0 amide bonds. The molecule has 2 saturated carbocycles. The Labute approximate surface area is 141 Å². The van der Waals surface area contributed by atoms with Gasteiger partial charge in [0.15, 0.2) is 0 Å². The van der Waals surface area contributed by atoms with E-state index in [1.165, 1.54) is 17.4 Å². The van der Waals surface area contributed by atoms with Crippen LogP contribution in [0.1, 0.15) is 6.92 Å². The average molecular weight is 323 g/mol. The summed E-state index contributed by atoms with van der Waals surface area (Å²) in [5.74, 6) is 2.69. The summed E-state index contributed by atoms with van der Waals surface area (Å²) < 4.78 is 5.48. The summed E-state index contributed by atoms with van der Waals surface area (Å²) in [6.45, 7) is 5.87. The van der Waals surface area contributed by atoms with E-state index in [-0.39, 0.29) is 17.1 Å². The summed E-state index contributed by atoms with van der Waals surface area (Å²) in [5.41, 5.74) is 1.34. The predicted molar refractivity (Wildman–Crippen MR) is 80.8 cm³/mol. The molecule has 0 bridgehead atoms. The molecule has 0 aromatic heterocycles. The molecule has 3 heteroatoms. The first-order valence-corrected chi connectivity index (χ1v) is 7.28. The first-order chi connectivity index (χ1) is 9.84. The first-order valence-electron chi connectivity index (χ1n) is 7.28. The van der Waals surface area contributed by atoms with Gasteiger partial charge >= 0.3 is 17.1 Å². The first kappa shape index (κ1) is 17.5. The summed E-state index contributed by atoms with van der Waals surface area (Å²) in [6, 6.07) is 0.351. The van der Waals surface area contributed by atoms with Gasteiger partial charge in [-0.3, -0.25) is 4.90 Å². The van der Waals surface area contributed by atoms with E-state index < -0.39 is 0 Å². The minimum Gasteiger partial charge on any atom is -0.379 e. The molecule has 0 aromatic rings. The maximum atomic E-state index is 5.48. The number of rotatable bonds is 4. The molecule has 3 aliphatic rings. The summed E-state index contributed by atoms with van der Waals surface area (Å²) in [6.07, 6.45) is 19.6. The number of hydrogen-bond acceptors (Lipinski definition) is 2. The average Bonchev–Trinajstić information content (AvgIpc) is 3.18. The van der Waals surface area contributed by atoms with Crippen LogP contribution < -0.4 is 0 Å². The van der Waals surface area contributed by atoms with Gasteiger partial charge in [-0.2, -0.15) is 0 Å². The molecule has 1 atom stereocenters. The van der Waals surface area contributed by atoms with Crippen LogP contribution in [0, 0.1) is 63.2 Å². The van der Waals surface area contributed by atoms with Crippen molar-refractivity contribution in [3.8, 4) is 0 Å². The quantitative estimate of drug-likeness (QED) is 0.737. The van der Waals surface area contributed by atoms with Crippen molar-refractivity contribution in [2.24, 2.45) is 0 Å². The van der Waals surface area contributed by atoms with Gasteiger partial charge in [0, 0.05) is 31.0 Å². The number of nitrogens with zero attached hydrogens (tertiary/aromatic N) is 1. The van der Waals surface area contributed by atoms with E-state index in [0.717, 1.165) is 26.3 Å². The van der Waals surface area contributed by atoms with Gasteiger partial charge < -0.3 is 4.74 Å². The van der Waals surface area contributed by atoms with Crippen molar-refractivity contribution in [3.05, 3.63) is 74.9 Å². The topological polar surface area (TPSA) is 12.5 Å². The molecule has 1 saturated heterocycles. The number of hydrogen-bond donors (Lipinski definition) is 0. The zero-order valence-corrected chi connectivity index (χ0v) is 13.4. The normalized spacial score (nSPS) is 27.8. The van der Waals surface area contributed by atoms with Crippen molar-refractivity contribution < 1.29 is 21.8 Å². The second kappa shape index (κ2) is 8.72. The molecule has 110 valence electrons. The van der Waals surface area contributed by atoms with Crippen molar-refractivity contribution in [3.63, 3.8) is 0 Å². The Kier molecular flexibility index (Phi) is 7.28. The minimum atomic E-state index is 0. The molecule has 2 aliphatic carbocycles. The van der Waals surface area contributed by atoms with E-state index in [1.807, 2.05) is 0 Å². The standard InChI is InChI=1S/C18H21NO.Fe/c1-15(16-6-2-3-7-16)14-18(17-8-4-5-9-17)19-10-12-20-13-11-19;/h2-9,14,18H,10-13H2,1H3;/q;+2/b15-14-;. The number of ether oxygens (including phenoxy) is 1. The Bertz CT molecular complexity index is 326. The third-order valence-corrected chi connectivity index (χ3v) is 3.99. The van der Waals surface area contributed by atoms with Crippen molar-refractivity contribution in [1.29, 1.82) is 0 Å². The van der Waals surface area contributed by atoms with Gasteiger partial charge in [0.25, 0.3) is 0 Å². The molecule has 0 spiro atoms. The molecule has 1 heterocycles. The van der Waals surface area contributed by atoms with E-state index in [0.29, 0.717) is 6.04 Å². The largest absolute Gasteiger partial charge is 2.00 e. The van der Waals surface area contributed by atoms with Crippen molar-refractivity contribution in [1.82, 2.24) is 4.90 Å². The monoisotopic (exact) mass is 323 g/mol. The molecule has 21 heavy (non-hydrogen) atoms. The van der Waals surface area contributed by atoms with Crippen LogP contribution in [0.3, 0.4) is 0 Å². The molecule has 1 unspecified atom stereocenters. The molecular weight excluding hydrogens is 302 g/mol. The van der Waals surface area contributed by atoms with Gasteiger partial charge in [-0.25, -0.2) is 0 Å². The van der Waals surface area contributed by atoms with Crippen LogP contribution in [-0.2, 0) is 21.8 Å². The number of morpholine rings is 1. The summed E-state index contributed by atoms with van der Waals surface area (Å²) in [4.78, 5) is 2.51. The van der Waals surface area contributed by atoms with Crippen LogP contribution in [0.5, 0.6) is 0 Å². The van der Waals surface area contributed by atoms with Gasteiger partial charge in [-0.15, -0.1) is 0 Å². The second-order valence-corrected chi connectivity index (χ2v) is 5.33. The summed E-state index contributed by atoms with van der Waals surface area (Å²) >= 11 is 0. The van der Waals surface area contributed by atoms with Gasteiger partial charge in [0.2, 0.25) is 0 Å². The van der Waals surface area contributed by atoms with Gasteiger partial charge in [-0.1, -0.05) is 11.6 Å². The fourth-order valence-corrected chi connectivity index (χ4v) is 2.82. The van der Waals surface area contributed by atoms with Crippen LogP contribution >= 0.6 is 0 Å². The number of allylic oxidation sites excluding steroid dienone is 1. The maximum Gasteiger partial charge on any atom is 2.00 e. The van der Waals surface area contributed by atoms with Gasteiger partial charge in [0.1, 0.15) is 0 Å². The Morgan fingerprint density at radius 1 is 1.05 bits per heavy atom. The fourth-order valence-electron chi connectivity index (χ4n) is 2.82. The minimum absolute atomic E-state index is 0. The fraction of sp³-hybridized carbons (Fsp3) is 0.333. The second-order valence-electron chi connectivity index (χ2n) is 5.33. The zero-order valence-electron chi connectivity index (χ0n) is 12.3. The molecule has 0 N–H and O–H groups in total. The molecule has 1 aliphatic heterocycles. The Morgan fingerprint density at radius 2 is 1.62 bits per heavy atom. The van der Waals surface area contributed by atoms with E-state index in [4.69, 9.17) is 4.74 Å². The smallest absolute Gasteiger partial charge is 0.379 e. The third-order valence-electron chi connectivity index (χ3n) is 3.99. The van der Waals surface area contributed by atoms with Gasteiger partial charge in [-0.05, 0) is 58.3 Å². The van der Waals surface area contributed by atoms with Gasteiger partial charge in [0.05, 0.1) is 13.2 Å². The van der Waals surface area contributed by atoms with Crippen LogP contribution in [0.2, 0.25) is 0 Å². The Balaban J connectivity index is 0.00000161. The van der Waals surface area contributed by atoms with Crippen LogP contribution in [0.25, 0.3) is 0 Å². The molecule has 10 radical (unpaired) electrons. The van der Waals surface area contributed by atoms with Crippen LogP contribution in [0.4, 0.5) is 0 Å². The van der Waals surface area contributed by atoms with Crippen LogP contribution in [-0.4, -0.2) is 37.2 Å². The van der Waals surface area contributed by atoms with E-state index in [2.05, 4.69) is 69.3 Å². The Hall–Kier alpha value is 0.179. The molecule has 3 fully saturated rings. The van der Waals surface area contributed by atoms with Crippen molar-refractivity contribution in [2.45, 2.75) is 13.0 Å². The zero-order chi connectivity index (χ0) is 13.8. The molecular formula is C18H21FeNO+2. The molecule has 3 rings (SSSR count). The van der Waals surface area contributed by atoms with E-state index in [9.17, 15) is 0 Å². The Morgan fingerprint density at radius 3 is 2.24 bits per heavy atom. The van der Waals surface area contributed by atoms with Crippen molar-refractivity contribution >= 4 is 0 Å². The SMILES string of the molecule is C/C(=C/C([C]1[CH][CH][CH][CH]1)N1CCOCC1)[C]1[CH][CH][CH][CH]1.[Fe+2]. The summed E-state index contributed by atoms with van der Waals surface area (Å²) in [7, 11) is 0. The van der Waals surface area contributed by atoms with Crippen molar-refractivity contribution in [2.75, 3.05) is 26.3 Å². The predicted octanol–water partition coefficient (Wildman–Crippen LogP) is 2.44.